The number of hydrogen-bond acceptors (Lipinski definition) is 3. The molecule has 0 bridgehead atoms. The van der Waals surface area contributed by atoms with Gasteiger partial charge in [-0.2, -0.15) is 0 Å². The van der Waals surface area contributed by atoms with Gasteiger partial charge in [0, 0.05) is 17.5 Å². The summed E-state index contributed by atoms with van der Waals surface area (Å²) < 4.78 is 5.31. The zero-order chi connectivity index (χ0) is 14.2. The summed E-state index contributed by atoms with van der Waals surface area (Å²) in [5.74, 6) is 0.225. The second-order valence-corrected chi connectivity index (χ2v) is 6.27. The van der Waals surface area contributed by atoms with Crippen molar-refractivity contribution in [2.24, 2.45) is 0 Å². The molecule has 1 aromatic heterocycles. The van der Waals surface area contributed by atoms with Crippen LogP contribution in [0.5, 0.6) is 0 Å². The van der Waals surface area contributed by atoms with Crippen molar-refractivity contribution in [1.82, 2.24) is 10.1 Å². The molecule has 0 spiro atoms. The minimum absolute atomic E-state index is 0.225. The van der Waals surface area contributed by atoms with E-state index >= 15 is 0 Å². The minimum Gasteiger partial charge on any atom is -0.356 e. The normalized spacial score (nSPS) is 19.2. The molecule has 0 radical (unpaired) electrons. The molecular weight excluding hydrogens is 264 g/mol. The van der Waals surface area contributed by atoms with Crippen molar-refractivity contribution in [2.45, 2.75) is 57.0 Å². The van der Waals surface area contributed by atoms with Gasteiger partial charge in [0.2, 0.25) is 5.91 Å². The van der Waals surface area contributed by atoms with Gasteiger partial charge >= 0.3 is 0 Å². The van der Waals surface area contributed by atoms with E-state index in [1.165, 1.54) is 38.5 Å². The van der Waals surface area contributed by atoms with Gasteiger partial charge < -0.3 is 9.42 Å². The van der Waals surface area contributed by atoms with Gasteiger partial charge in [-0.25, -0.2) is 0 Å². The van der Waals surface area contributed by atoms with Crippen LogP contribution in [-0.4, -0.2) is 28.0 Å². The predicted octanol–water partition coefficient (Wildman–Crippen LogP) is 3.30. The number of amides is 1. The number of hydrogen-bond donors (Lipinski definition) is 0. The van der Waals surface area contributed by atoms with E-state index in [0.29, 0.717) is 18.5 Å². The van der Waals surface area contributed by atoms with Crippen LogP contribution in [0.3, 0.4) is 0 Å². The molecule has 4 rings (SSSR count). The fourth-order valence-corrected chi connectivity index (χ4v) is 3.54. The molecule has 1 aromatic carbocycles. The molecule has 0 unspecified atom stereocenters. The summed E-state index contributed by atoms with van der Waals surface area (Å²) >= 11 is 0. The van der Waals surface area contributed by atoms with Crippen molar-refractivity contribution in [3.63, 3.8) is 0 Å². The summed E-state index contributed by atoms with van der Waals surface area (Å²) in [5, 5.41) is 5.07. The van der Waals surface area contributed by atoms with E-state index in [-0.39, 0.29) is 5.91 Å². The first-order valence-corrected chi connectivity index (χ1v) is 7.97. The molecule has 1 heterocycles. The van der Waals surface area contributed by atoms with Gasteiger partial charge in [-0.1, -0.05) is 30.1 Å². The third kappa shape index (κ3) is 2.43. The summed E-state index contributed by atoms with van der Waals surface area (Å²) in [5.41, 5.74) is 1.54. The number of benzene rings is 1. The Kier molecular flexibility index (Phi) is 3.17. The monoisotopic (exact) mass is 284 g/mol. The van der Waals surface area contributed by atoms with Crippen molar-refractivity contribution >= 4 is 16.9 Å². The topological polar surface area (TPSA) is 46.3 Å². The third-order valence-electron chi connectivity index (χ3n) is 4.72. The Morgan fingerprint density at radius 2 is 1.86 bits per heavy atom. The lowest BCUT2D eigenvalue weighted by Gasteiger charge is -2.29. The Morgan fingerprint density at radius 1 is 1.14 bits per heavy atom. The fourth-order valence-electron chi connectivity index (χ4n) is 3.54. The fraction of sp³-hybridized carbons (Fsp3) is 0.529. The molecule has 1 amide bonds. The van der Waals surface area contributed by atoms with Crippen LogP contribution in [0.2, 0.25) is 0 Å². The second-order valence-electron chi connectivity index (χ2n) is 6.27. The molecule has 0 atom stereocenters. The number of para-hydroxylation sites is 1. The lowest BCUT2D eigenvalue weighted by molar-refractivity contribution is -0.133. The maximum Gasteiger partial charge on any atom is 0.229 e. The zero-order valence-electron chi connectivity index (χ0n) is 12.1. The highest BCUT2D eigenvalue weighted by Gasteiger charge is 2.38. The Bertz CT molecular complexity index is 654. The van der Waals surface area contributed by atoms with Gasteiger partial charge in [-0.05, 0) is 37.8 Å². The lowest BCUT2D eigenvalue weighted by Crippen LogP contribution is -2.41. The van der Waals surface area contributed by atoms with E-state index in [0.717, 1.165) is 16.7 Å². The molecule has 0 N–H and O–H groups in total. The molecule has 2 saturated carbocycles. The first kappa shape index (κ1) is 12.9. The standard InChI is InChI=1S/C17H20N2O2/c20-17(19(13-9-10-13)12-5-1-2-6-12)11-15-14-7-3-4-8-16(14)21-18-15/h3-4,7-8,12-13H,1-2,5-6,9-11H2. The number of fused-ring (bicyclic) bond motifs is 1. The molecule has 110 valence electrons. The molecule has 2 aromatic rings. The minimum atomic E-state index is 0.225. The maximum atomic E-state index is 12.8. The molecule has 4 nitrogen and oxygen atoms in total. The van der Waals surface area contributed by atoms with E-state index in [1.54, 1.807) is 0 Å². The molecule has 2 fully saturated rings. The van der Waals surface area contributed by atoms with Gasteiger partial charge in [0.05, 0.1) is 6.42 Å². The summed E-state index contributed by atoms with van der Waals surface area (Å²) in [7, 11) is 0. The van der Waals surface area contributed by atoms with Gasteiger partial charge in [0.25, 0.3) is 0 Å². The van der Waals surface area contributed by atoms with Crippen LogP contribution in [0, 0.1) is 0 Å². The van der Waals surface area contributed by atoms with Crippen LogP contribution < -0.4 is 0 Å². The van der Waals surface area contributed by atoms with Crippen LogP contribution in [0.25, 0.3) is 11.0 Å². The molecule has 21 heavy (non-hydrogen) atoms. The van der Waals surface area contributed by atoms with Crippen LogP contribution >= 0.6 is 0 Å². The summed E-state index contributed by atoms with van der Waals surface area (Å²) in [6.45, 7) is 0. The Morgan fingerprint density at radius 3 is 2.62 bits per heavy atom. The first-order chi connectivity index (χ1) is 10.3. The smallest absolute Gasteiger partial charge is 0.229 e. The summed E-state index contributed by atoms with van der Waals surface area (Å²) in [6, 6.07) is 8.70. The lowest BCUT2D eigenvalue weighted by atomic mass is 10.1. The molecule has 4 heteroatoms. The van der Waals surface area contributed by atoms with Gasteiger partial charge in [-0.3, -0.25) is 4.79 Å². The van der Waals surface area contributed by atoms with E-state index < -0.39 is 0 Å². The van der Waals surface area contributed by atoms with Crippen molar-refractivity contribution in [1.29, 1.82) is 0 Å². The molecule has 0 aliphatic heterocycles. The van der Waals surface area contributed by atoms with E-state index in [9.17, 15) is 4.79 Å². The average molecular weight is 284 g/mol. The van der Waals surface area contributed by atoms with Gasteiger partial charge in [-0.15, -0.1) is 0 Å². The number of carbonyl (C=O) groups excluding carboxylic acids is 1. The van der Waals surface area contributed by atoms with E-state index in [1.807, 2.05) is 24.3 Å². The third-order valence-corrected chi connectivity index (χ3v) is 4.72. The first-order valence-electron chi connectivity index (χ1n) is 7.97. The Hall–Kier alpha value is -1.84. The molecular formula is C17H20N2O2. The zero-order valence-corrected chi connectivity index (χ0v) is 12.1. The second kappa shape index (κ2) is 5.17. The summed E-state index contributed by atoms with van der Waals surface area (Å²) in [6.07, 6.45) is 7.55. The Balaban J connectivity index is 1.56. The van der Waals surface area contributed by atoms with Crippen LogP contribution in [0.15, 0.2) is 28.8 Å². The average Bonchev–Trinajstić information content (AvgIpc) is 3.02. The quantitative estimate of drug-likeness (QED) is 0.865. The highest BCUT2D eigenvalue weighted by atomic mass is 16.5. The molecule has 2 aliphatic carbocycles. The van der Waals surface area contributed by atoms with Crippen molar-refractivity contribution in [2.75, 3.05) is 0 Å². The van der Waals surface area contributed by atoms with Crippen LogP contribution in [0.1, 0.15) is 44.2 Å². The molecule has 0 saturated heterocycles. The van der Waals surface area contributed by atoms with Crippen LogP contribution in [-0.2, 0) is 11.2 Å². The highest BCUT2D eigenvalue weighted by molar-refractivity contribution is 5.86. The van der Waals surface area contributed by atoms with Crippen molar-refractivity contribution in [3.8, 4) is 0 Å². The predicted molar refractivity (Wildman–Crippen MR) is 79.8 cm³/mol. The number of nitrogens with zero attached hydrogens (tertiary/aromatic N) is 2. The number of carbonyl (C=O) groups is 1. The van der Waals surface area contributed by atoms with E-state index in [2.05, 4.69) is 10.1 Å². The van der Waals surface area contributed by atoms with E-state index in [4.69, 9.17) is 4.52 Å². The highest BCUT2D eigenvalue weighted by Crippen LogP contribution is 2.35. The number of rotatable bonds is 4. The Labute approximate surface area is 124 Å². The van der Waals surface area contributed by atoms with Crippen molar-refractivity contribution < 1.29 is 9.32 Å². The SMILES string of the molecule is O=C(Cc1noc2ccccc12)N(C1CCCC1)C1CC1. The van der Waals surface area contributed by atoms with Gasteiger partial charge in [0.15, 0.2) is 5.58 Å². The summed E-state index contributed by atoms with van der Waals surface area (Å²) in [4.78, 5) is 14.9. The van der Waals surface area contributed by atoms with Gasteiger partial charge in [0.1, 0.15) is 5.69 Å². The largest absolute Gasteiger partial charge is 0.356 e. The maximum absolute atomic E-state index is 12.8. The van der Waals surface area contributed by atoms with Crippen LogP contribution in [0.4, 0.5) is 0 Å². The molecule has 2 aliphatic rings. The number of aromatic nitrogens is 1. The van der Waals surface area contributed by atoms with Crippen molar-refractivity contribution in [3.05, 3.63) is 30.0 Å².